The summed E-state index contributed by atoms with van der Waals surface area (Å²) >= 11 is 0. The van der Waals surface area contributed by atoms with E-state index in [1.165, 1.54) is 70.8 Å². The average Bonchev–Trinajstić information content (AvgIpc) is 3.30. The number of aryl methyl sites for hydroxylation is 1. The number of hydrogen-bond acceptors (Lipinski definition) is 5. The third-order valence-electron chi connectivity index (χ3n) is 6.50. The number of imidazole rings is 1. The van der Waals surface area contributed by atoms with Gasteiger partial charge in [-0.15, -0.1) is 0 Å². The molecule has 0 aromatic carbocycles. The van der Waals surface area contributed by atoms with Crippen LogP contribution in [0.2, 0.25) is 0 Å². The molecule has 0 N–H and O–H groups in total. The molecule has 0 radical (unpaired) electrons. The van der Waals surface area contributed by atoms with E-state index < -0.39 is 0 Å². The highest BCUT2D eigenvalue weighted by molar-refractivity contribution is 4.93. The van der Waals surface area contributed by atoms with E-state index in [-0.39, 0.29) is 0 Å². The highest BCUT2D eigenvalue weighted by Crippen LogP contribution is 2.22. The van der Waals surface area contributed by atoms with Crippen molar-refractivity contribution in [2.45, 2.75) is 45.2 Å². The molecule has 0 amide bonds. The maximum absolute atomic E-state index is 5.24. The summed E-state index contributed by atoms with van der Waals surface area (Å²) in [6, 6.07) is 0.720. The van der Waals surface area contributed by atoms with Gasteiger partial charge in [-0.05, 0) is 57.8 Å². The van der Waals surface area contributed by atoms with Crippen molar-refractivity contribution in [2.75, 3.05) is 59.5 Å². The average molecular weight is 378 g/mol. The van der Waals surface area contributed by atoms with Gasteiger partial charge in [0, 0.05) is 52.2 Å². The Kier molecular flexibility index (Phi) is 8.12. The van der Waals surface area contributed by atoms with Gasteiger partial charge in [0.2, 0.25) is 0 Å². The van der Waals surface area contributed by atoms with E-state index in [9.17, 15) is 0 Å². The summed E-state index contributed by atoms with van der Waals surface area (Å²) in [6.45, 7) is 12.5. The number of nitrogens with zero attached hydrogens (tertiary/aromatic N) is 5. The summed E-state index contributed by atoms with van der Waals surface area (Å²) in [7, 11) is 3.91. The van der Waals surface area contributed by atoms with Crippen molar-refractivity contribution in [3.63, 3.8) is 0 Å². The van der Waals surface area contributed by atoms with Crippen LogP contribution in [0.5, 0.6) is 0 Å². The fourth-order valence-corrected chi connectivity index (χ4v) is 4.75. The van der Waals surface area contributed by atoms with Gasteiger partial charge in [-0.2, -0.15) is 0 Å². The van der Waals surface area contributed by atoms with Crippen LogP contribution in [0, 0.1) is 5.92 Å². The SMILES string of the molecule is CCN1CCC[C@H]1CN(Cc1nccn1C)CC1CCN(CCOC)CC1. The summed E-state index contributed by atoms with van der Waals surface area (Å²) in [5.41, 5.74) is 0. The van der Waals surface area contributed by atoms with E-state index in [1.54, 1.807) is 7.11 Å². The molecule has 27 heavy (non-hydrogen) atoms. The third kappa shape index (κ3) is 6.01. The Morgan fingerprint density at radius 3 is 2.67 bits per heavy atom. The second kappa shape index (κ2) is 10.6. The van der Waals surface area contributed by atoms with Gasteiger partial charge < -0.3 is 14.2 Å². The predicted octanol–water partition coefficient (Wildman–Crippen LogP) is 2.06. The zero-order valence-corrected chi connectivity index (χ0v) is 17.6. The highest BCUT2D eigenvalue weighted by Gasteiger charge is 2.28. The van der Waals surface area contributed by atoms with Crippen LogP contribution in [0.3, 0.4) is 0 Å². The minimum Gasteiger partial charge on any atom is -0.383 e. The first-order valence-electron chi connectivity index (χ1n) is 10.8. The first-order chi connectivity index (χ1) is 13.2. The van der Waals surface area contributed by atoms with Gasteiger partial charge in [0.1, 0.15) is 5.82 Å². The van der Waals surface area contributed by atoms with E-state index in [4.69, 9.17) is 4.74 Å². The molecule has 1 aromatic rings. The van der Waals surface area contributed by atoms with Crippen molar-refractivity contribution >= 4 is 0 Å². The van der Waals surface area contributed by atoms with Crippen LogP contribution in [0.1, 0.15) is 38.4 Å². The van der Waals surface area contributed by atoms with Gasteiger partial charge in [-0.3, -0.25) is 9.80 Å². The van der Waals surface area contributed by atoms with Crippen molar-refractivity contribution in [1.82, 2.24) is 24.3 Å². The zero-order valence-electron chi connectivity index (χ0n) is 17.6. The normalized spacial score (nSPS) is 22.9. The predicted molar refractivity (Wildman–Crippen MR) is 110 cm³/mol. The second-order valence-corrected chi connectivity index (χ2v) is 8.35. The molecule has 0 bridgehead atoms. The molecule has 154 valence electrons. The summed E-state index contributed by atoms with van der Waals surface area (Å²) in [5.74, 6) is 1.99. The van der Waals surface area contributed by atoms with E-state index in [0.29, 0.717) is 0 Å². The molecular weight excluding hydrogens is 338 g/mol. The lowest BCUT2D eigenvalue weighted by Gasteiger charge is -2.36. The maximum atomic E-state index is 5.24. The number of ether oxygens (including phenoxy) is 1. The lowest BCUT2D eigenvalue weighted by atomic mass is 9.96. The van der Waals surface area contributed by atoms with Crippen LogP contribution in [0.15, 0.2) is 12.4 Å². The van der Waals surface area contributed by atoms with Crippen molar-refractivity contribution in [1.29, 1.82) is 0 Å². The van der Waals surface area contributed by atoms with Gasteiger partial charge in [-0.25, -0.2) is 4.98 Å². The molecule has 3 rings (SSSR count). The number of hydrogen-bond donors (Lipinski definition) is 0. The molecule has 0 spiro atoms. The molecule has 2 aliphatic rings. The molecule has 2 fully saturated rings. The Balaban J connectivity index is 1.56. The number of likely N-dealkylation sites (tertiary alicyclic amines) is 2. The van der Waals surface area contributed by atoms with Gasteiger partial charge in [0.05, 0.1) is 13.2 Å². The van der Waals surface area contributed by atoms with Crippen LogP contribution in [0.25, 0.3) is 0 Å². The lowest BCUT2D eigenvalue weighted by Crippen LogP contribution is -2.44. The Morgan fingerprint density at radius 2 is 2.00 bits per heavy atom. The van der Waals surface area contributed by atoms with E-state index >= 15 is 0 Å². The summed E-state index contributed by atoms with van der Waals surface area (Å²) in [6.07, 6.45) is 9.31. The standard InChI is InChI=1S/C21H39N5O/c1-4-26-10-5-6-20(26)17-25(18-21-22-9-13-23(21)2)16-19-7-11-24(12-8-19)14-15-27-3/h9,13,19-20H,4-8,10-12,14-18H2,1-3H3/t20-/m0/s1. The van der Waals surface area contributed by atoms with Crippen molar-refractivity contribution in [2.24, 2.45) is 13.0 Å². The number of aromatic nitrogens is 2. The van der Waals surface area contributed by atoms with E-state index in [0.717, 1.165) is 31.7 Å². The molecule has 0 aliphatic carbocycles. The Morgan fingerprint density at radius 1 is 1.19 bits per heavy atom. The van der Waals surface area contributed by atoms with Crippen LogP contribution in [0.4, 0.5) is 0 Å². The van der Waals surface area contributed by atoms with Gasteiger partial charge in [0.15, 0.2) is 0 Å². The Labute approximate surface area is 165 Å². The fourth-order valence-electron chi connectivity index (χ4n) is 4.75. The molecule has 2 aliphatic heterocycles. The van der Waals surface area contributed by atoms with E-state index in [2.05, 4.69) is 44.4 Å². The van der Waals surface area contributed by atoms with Crippen molar-refractivity contribution in [3.05, 3.63) is 18.2 Å². The number of methoxy groups -OCH3 is 1. The molecule has 1 atom stereocenters. The van der Waals surface area contributed by atoms with Gasteiger partial charge in [0.25, 0.3) is 0 Å². The van der Waals surface area contributed by atoms with E-state index in [1.807, 2.05) is 6.20 Å². The summed E-state index contributed by atoms with van der Waals surface area (Å²) < 4.78 is 7.41. The largest absolute Gasteiger partial charge is 0.383 e. The fraction of sp³-hybridized carbons (Fsp3) is 0.857. The number of piperidine rings is 1. The highest BCUT2D eigenvalue weighted by atomic mass is 16.5. The summed E-state index contributed by atoms with van der Waals surface area (Å²) in [4.78, 5) is 12.5. The smallest absolute Gasteiger partial charge is 0.122 e. The van der Waals surface area contributed by atoms with Crippen molar-refractivity contribution < 1.29 is 4.74 Å². The quantitative estimate of drug-likeness (QED) is 0.624. The molecule has 6 nitrogen and oxygen atoms in total. The zero-order chi connectivity index (χ0) is 19.1. The third-order valence-corrected chi connectivity index (χ3v) is 6.50. The Hall–Kier alpha value is -0.950. The molecule has 2 saturated heterocycles. The number of rotatable bonds is 10. The monoisotopic (exact) mass is 377 g/mol. The van der Waals surface area contributed by atoms with Crippen LogP contribution in [-0.2, 0) is 18.3 Å². The minimum atomic E-state index is 0.720. The molecule has 3 heterocycles. The van der Waals surface area contributed by atoms with Crippen LogP contribution >= 0.6 is 0 Å². The minimum absolute atomic E-state index is 0.720. The Bertz CT molecular complexity index is 540. The first-order valence-corrected chi connectivity index (χ1v) is 10.8. The van der Waals surface area contributed by atoms with Crippen molar-refractivity contribution in [3.8, 4) is 0 Å². The number of likely N-dealkylation sites (N-methyl/N-ethyl adjacent to an activating group) is 1. The van der Waals surface area contributed by atoms with Gasteiger partial charge >= 0.3 is 0 Å². The summed E-state index contributed by atoms with van der Waals surface area (Å²) in [5, 5.41) is 0. The molecular formula is C21H39N5O. The second-order valence-electron chi connectivity index (χ2n) is 8.35. The molecule has 0 unspecified atom stereocenters. The topological polar surface area (TPSA) is 36.8 Å². The van der Waals surface area contributed by atoms with Crippen LogP contribution < -0.4 is 0 Å². The first kappa shape index (κ1) is 20.8. The maximum Gasteiger partial charge on any atom is 0.122 e. The molecule has 6 heteroatoms. The van der Waals surface area contributed by atoms with Crippen LogP contribution in [-0.4, -0.2) is 89.8 Å². The molecule has 1 aromatic heterocycles. The lowest BCUT2D eigenvalue weighted by molar-refractivity contribution is 0.0953. The molecule has 0 saturated carbocycles. The van der Waals surface area contributed by atoms with Gasteiger partial charge in [-0.1, -0.05) is 6.92 Å².